The van der Waals surface area contributed by atoms with Crippen LogP contribution >= 0.6 is 0 Å². The predicted octanol–water partition coefficient (Wildman–Crippen LogP) is 3.41. The maximum atomic E-state index is 11.0. The fourth-order valence-corrected chi connectivity index (χ4v) is 2.03. The van der Waals surface area contributed by atoms with Gasteiger partial charge >= 0.3 is 5.97 Å². The molecule has 0 aliphatic heterocycles. The van der Waals surface area contributed by atoms with Crippen LogP contribution in [0, 0.1) is 6.92 Å². The van der Waals surface area contributed by atoms with Crippen LogP contribution < -0.4 is 0 Å². The smallest absolute Gasteiger partial charge is 0.335 e. The third kappa shape index (κ3) is 2.67. The first-order valence-electron chi connectivity index (χ1n) is 6.38. The monoisotopic (exact) mass is 280 g/mol. The summed E-state index contributed by atoms with van der Waals surface area (Å²) in [5.74, 6) is -0.209. The second-order valence-corrected chi connectivity index (χ2v) is 4.68. The van der Waals surface area contributed by atoms with E-state index in [0.717, 1.165) is 11.1 Å². The van der Waals surface area contributed by atoms with E-state index in [0.29, 0.717) is 17.3 Å². The third-order valence-electron chi connectivity index (χ3n) is 3.06. The summed E-state index contributed by atoms with van der Waals surface area (Å²) in [6.07, 6.45) is 0. The molecule has 1 heterocycles. The molecule has 0 bridgehead atoms. The van der Waals surface area contributed by atoms with E-state index in [1.54, 1.807) is 12.1 Å². The zero-order valence-electron chi connectivity index (χ0n) is 11.3. The Labute approximate surface area is 120 Å². The van der Waals surface area contributed by atoms with Gasteiger partial charge in [-0.25, -0.2) is 4.79 Å². The van der Waals surface area contributed by atoms with E-state index in [-0.39, 0.29) is 5.56 Å². The quantitative estimate of drug-likeness (QED) is 0.795. The summed E-state index contributed by atoms with van der Waals surface area (Å²) in [7, 11) is 0. The van der Waals surface area contributed by atoms with E-state index in [1.807, 2.05) is 31.2 Å². The Morgan fingerprint density at radius 2 is 1.86 bits per heavy atom. The van der Waals surface area contributed by atoms with Gasteiger partial charge in [-0.3, -0.25) is 0 Å². The van der Waals surface area contributed by atoms with Gasteiger partial charge in [0.15, 0.2) is 0 Å². The van der Waals surface area contributed by atoms with Gasteiger partial charge in [-0.15, -0.1) is 0 Å². The number of carboxylic acids is 1. The SMILES string of the molecule is Cc1cccc(-c2noc(-c3cccc(C(=O)O)c3)n2)c1. The van der Waals surface area contributed by atoms with Gasteiger partial charge in [0.25, 0.3) is 5.89 Å². The second-order valence-electron chi connectivity index (χ2n) is 4.68. The van der Waals surface area contributed by atoms with Crippen LogP contribution in [-0.4, -0.2) is 21.2 Å². The zero-order valence-corrected chi connectivity index (χ0v) is 11.3. The number of aryl methyl sites for hydroxylation is 1. The molecule has 5 nitrogen and oxygen atoms in total. The lowest BCUT2D eigenvalue weighted by Gasteiger charge is -1.97. The summed E-state index contributed by atoms with van der Waals surface area (Å²) in [5.41, 5.74) is 2.73. The molecule has 5 heteroatoms. The molecule has 0 amide bonds. The number of benzene rings is 2. The van der Waals surface area contributed by atoms with Crippen LogP contribution in [-0.2, 0) is 0 Å². The summed E-state index contributed by atoms with van der Waals surface area (Å²) in [6.45, 7) is 1.99. The summed E-state index contributed by atoms with van der Waals surface area (Å²) in [5, 5.41) is 12.9. The van der Waals surface area contributed by atoms with Crippen molar-refractivity contribution in [3.63, 3.8) is 0 Å². The Kier molecular flexibility index (Phi) is 3.23. The maximum Gasteiger partial charge on any atom is 0.335 e. The first-order valence-corrected chi connectivity index (χ1v) is 6.38. The molecular weight excluding hydrogens is 268 g/mol. The molecule has 0 unspecified atom stereocenters. The van der Waals surface area contributed by atoms with E-state index in [1.165, 1.54) is 12.1 Å². The lowest BCUT2D eigenvalue weighted by Crippen LogP contribution is -1.95. The molecule has 0 aliphatic carbocycles. The normalized spacial score (nSPS) is 10.5. The molecule has 1 N–H and O–H groups in total. The van der Waals surface area contributed by atoms with Crippen molar-refractivity contribution in [2.75, 3.05) is 0 Å². The lowest BCUT2D eigenvalue weighted by atomic mass is 10.1. The molecule has 3 aromatic rings. The highest BCUT2D eigenvalue weighted by Gasteiger charge is 2.12. The minimum atomic E-state index is -0.990. The van der Waals surface area contributed by atoms with Crippen LogP contribution in [0.5, 0.6) is 0 Å². The zero-order chi connectivity index (χ0) is 14.8. The molecule has 0 aliphatic rings. The number of aromatic carboxylic acids is 1. The Hall–Kier alpha value is -2.95. The Morgan fingerprint density at radius 1 is 1.10 bits per heavy atom. The first kappa shape index (κ1) is 13.1. The van der Waals surface area contributed by atoms with Crippen molar-refractivity contribution >= 4 is 5.97 Å². The molecule has 1 aromatic heterocycles. The molecule has 0 fully saturated rings. The molecule has 3 rings (SSSR count). The summed E-state index contributed by atoms with van der Waals surface area (Å²) >= 11 is 0. The molecular formula is C16H12N2O3. The average Bonchev–Trinajstić information content (AvgIpc) is 2.97. The molecule has 0 radical (unpaired) electrons. The van der Waals surface area contributed by atoms with Crippen LogP contribution in [0.3, 0.4) is 0 Å². The van der Waals surface area contributed by atoms with Gasteiger partial charge < -0.3 is 9.63 Å². The Bertz CT molecular complexity index is 809. The summed E-state index contributed by atoms with van der Waals surface area (Å²) in [4.78, 5) is 15.3. The maximum absolute atomic E-state index is 11.0. The third-order valence-corrected chi connectivity index (χ3v) is 3.06. The molecule has 0 saturated heterocycles. The van der Waals surface area contributed by atoms with E-state index < -0.39 is 5.97 Å². The summed E-state index contributed by atoms with van der Waals surface area (Å²) < 4.78 is 5.23. The van der Waals surface area contributed by atoms with Crippen molar-refractivity contribution in [1.29, 1.82) is 0 Å². The molecule has 0 spiro atoms. The number of carbonyl (C=O) groups is 1. The van der Waals surface area contributed by atoms with E-state index in [4.69, 9.17) is 9.63 Å². The fourth-order valence-electron chi connectivity index (χ4n) is 2.03. The average molecular weight is 280 g/mol. The number of nitrogens with zero attached hydrogens (tertiary/aromatic N) is 2. The van der Waals surface area contributed by atoms with Gasteiger partial charge in [0.1, 0.15) is 0 Å². The number of carboxylic acid groups (broad SMARTS) is 1. The van der Waals surface area contributed by atoms with Crippen LogP contribution in [0.15, 0.2) is 53.1 Å². The summed E-state index contributed by atoms with van der Waals surface area (Å²) in [6, 6.07) is 14.2. The fraction of sp³-hybridized carbons (Fsp3) is 0.0625. The number of aromatic nitrogens is 2. The highest BCUT2D eigenvalue weighted by atomic mass is 16.5. The van der Waals surface area contributed by atoms with Crippen LogP contribution in [0.2, 0.25) is 0 Å². The number of hydrogen-bond donors (Lipinski definition) is 1. The van der Waals surface area contributed by atoms with Crippen molar-refractivity contribution in [3.05, 3.63) is 59.7 Å². The molecule has 21 heavy (non-hydrogen) atoms. The molecule has 104 valence electrons. The highest BCUT2D eigenvalue weighted by Crippen LogP contribution is 2.23. The van der Waals surface area contributed by atoms with Crippen molar-refractivity contribution in [3.8, 4) is 22.8 Å². The van der Waals surface area contributed by atoms with Gasteiger partial charge in [0.2, 0.25) is 5.82 Å². The molecule has 2 aromatic carbocycles. The molecule has 0 atom stereocenters. The van der Waals surface area contributed by atoms with E-state index in [2.05, 4.69) is 10.1 Å². The highest BCUT2D eigenvalue weighted by molar-refractivity contribution is 5.89. The van der Waals surface area contributed by atoms with Crippen LogP contribution in [0.1, 0.15) is 15.9 Å². The van der Waals surface area contributed by atoms with Gasteiger partial charge in [0.05, 0.1) is 5.56 Å². The topological polar surface area (TPSA) is 76.2 Å². The van der Waals surface area contributed by atoms with Crippen molar-refractivity contribution in [1.82, 2.24) is 10.1 Å². The predicted molar refractivity (Wildman–Crippen MR) is 76.9 cm³/mol. The van der Waals surface area contributed by atoms with Crippen LogP contribution in [0.25, 0.3) is 22.8 Å². The first-order chi connectivity index (χ1) is 10.1. The molecule has 0 saturated carbocycles. The van der Waals surface area contributed by atoms with Crippen molar-refractivity contribution in [2.24, 2.45) is 0 Å². The van der Waals surface area contributed by atoms with Crippen molar-refractivity contribution < 1.29 is 14.4 Å². The minimum absolute atomic E-state index is 0.183. The van der Waals surface area contributed by atoms with E-state index in [9.17, 15) is 4.79 Å². The van der Waals surface area contributed by atoms with Gasteiger partial charge in [-0.1, -0.05) is 35.0 Å². The Morgan fingerprint density at radius 3 is 2.62 bits per heavy atom. The van der Waals surface area contributed by atoms with Crippen molar-refractivity contribution in [2.45, 2.75) is 6.92 Å². The largest absolute Gasteiger partial charge is 0.478 e. The van der Waals surface area contributed by atoms with Gasteiger partial charge in [0, 0.05) is 11.1 Å². The second kappa shape index (κ2) is 5.20. The minimum Gasteiger partial charge on any atom is -0.478 e. The van der Waals surface area contributed by atoms with Gasteiger partial charge in [-0.2, -0.15) is 4.98 Å². The van der Waals surface area contributed by atoms with Gasteiger partial charge in [-0.05, 0) is 31.2 Å². The number of hydrogen-bond acceptors (Lipinski definition) is 4. The van der Waals surface area contributed by atoms with Crippen LogP contribution in [0.4, 0.5) is 0 Å². The Balaban J connectivity index is 1.98. The standard InChI is InChI=1S/C16H12N2O3/c1-10-4-2-5-11(8-10)14-17-15(21-18-14)12-6-3-7-13(9-12)16(19)20/h2-9H,1H3,(H,19,20). The van der Waals surface area contributed by atoms with E-state index >= 15 is 0 Å². The number of rotatable bonds is 3. The lowest BCUT2D eigenvalue weighted by molar-refractivity contribution is 0.0697.